The van der Waals surface area contributed by atoms with E-state index in [0.29, 0.717) is 5.92 Å². The van der Waals surface area contributed by atoms with Crippen LogP contribution in [0.1, 0.15) is 97.5 Å². The molecule has 0 bridgehead atoms. The normalized spacial score (nSPS) is 19.8. The molecule has 3 aromatic heterocycles. The summed E-state index contributed by atoms with van der Waals surface area (Å²) in [5.74, 6) is 1.44. The van der Waals surface area contributed by atoms with Gasteiger partial charge in [-0.1, -0.05) is 32.0 Å². The summed E-state index contributed by atoms with van der Waals surface area (Å²) in [6.07, 6.45) is 7.53. The van der Waals surface area contributed by atoms with Crippen molar-refractivity contribution in [2.45, 2.75) is 96.1 Å². The average molecular weight is 614 g/mol. The SMILES string of the molecule is CC(=O)C(C)(C)[C@@H](c1ccc(C)c(CN2CC3(CC3)Oc3ncc(C)cc3S2(=O)=O)c1)c1ccn2c(C3CC3)nnc2c1C. The Morgan fingerprint density at radius 2 is 1.86 bits per heavy atom. The zero-order valence-electron chi connectivity index (χ0n) is 26.2. The number of aryl methyl sites for hydroxylation is 3. The van der Waals surface area contributed by atoms with Crippen molar-refractivity contribution in [1.82, 2.24) is 23.9 Å². The molecule has 9 nitrogen and oxygen atoms in total. The lowest BCUT2D eigenvalue weighted by atomic mass is 9.68. The van der Waals surface area contributed by atoms with Crippen molar-refractivity contribution in [2.24, 2.45) is 5.41 Å². The van der Waals surface area contributed by atoms with E-state index >= 15 is 0 Å². The highest BCUT2D eigenvalue weighted by molar-refractivity contribution is 7.89. The number of carbonyl (C=O) groups is 1. The van der Waals surface area contributed by atoms with Crippen LogP contribution in [0.3, 0.4) is 0 Å². The van der Waals surface area contributed by atoms with E-state index in [-0.39, 0.29) is 35.6 Å². The summed E-state index contributed by atoms with van der Waals surface area (Å²) < 4.78 is 38.0. The topological polar surface area (TPSA) is 107 Å². The zero-order valence-corrected chi connectivity index (χ0v) is 27.0. The Labute approximate surface area is 258 Å². The van der Waals surface area contributed by atoms with Crippen LogP contribution >= 0.6 is 0 Å². The Morgan fingerprint density at radius 1 is 1.11 bits per heavy atom. The number of ketones is 1. The number of pyridine rings is 2. The zero-order chi connectivity index (χ0) is 31.2. The van der Waals surface area contributed by atoms with E-state index in [0.717, 1.165) is 70.5 Å². The molecule has 230 valence electrons. The summed E-state index contributed by atoms with van der Waals surface area (Å²) in [6, 6.07) is 9.95. The van der Waals surface area contributed by atoms with Gasteiger partial charge in [0.15, 0.2) is 5.65 Å². The van der Waals surface area contributed by atoms with Gasteiger partial charge in [-0.05, 0) is 98.9 Å². The summed E-state index contributed by atoms with van der Waals surface area (Å²) in [7, 11) is -3.87. The third-order valence-electron chi connectivity index (χ3n) is 9.99. The van der Waals surface area contributed by atoms with Crippen molar-refractivity contribution in [3.63, 3.8) is 0 Å². The van der Waals surface area contributed by atoms with Gasteiger partial charge in [0.2, 0.25) is 15.9 Å². The van der Waals surface area contributed by atoms with Crippen LogP contribution in [-0.2, 0) is 21.4 Å². The smallest absolute Gasteiger partial charge is 0.248 e. The van der Waals surface area contributed by atoms with Crippen LogP contribution < -0.4 is 4.74 Å². The molecule has 1 aliphatic heterocycles. The molecule has 0 N–H and O–H groups in total. The highest BCUT2D eigenvalue weighted by Crippen LogP contribution is 2.47. The number of aromatic nitrogens is 4. The van der Waals surface area contributed by atoms with Crippen LogP contribution in [0.4, 0.5) is 0 Å². The lowest BCUT2D eigenvalue weighted by Crippen LogP contribution is -2.38. The molecule has 0 saturated heterocycles. The van der Waals surface area contributed by atoms with Gasteiger partial charge in [-0.3, -0.25) is 9.20 Å². The fraction of sp³-hybridized carbons (Fsp3) is 0.471. The minimum absolute atomic E-state index is 0.0754. The predicted octanol–water partition coefficient (Wildman–Crippen LogP) is 5.79. The third kappa shape index (κ3) is 4.74. The Kier molecular flexibility index (Phi) is 6.57. The molecule has 1 spiro atoms. The molecule has 10 heteroatoms. The molecule has 44 heavy (non-hydrogen) atoms. The first-order valence-corrected chi connectivity index (χ1v) is 16.9. The monoisotopic (exact) mass is 613 g/mol. The maximum Gasteiger partial charge on any atom is 0.248 e. The first kappa shape index (κ1) is 29.1. The fourth-order valence-corrected chi connectivity index (χ4v) is 8.22. The molecule has 2 saturated carbocycles. The second-order valence-corrected chi connectivity index (χ2v) is 15.6. The van der Waals surface area contributed by atoms with E-state index in [1.807, 2.05) is 40.0 Å². The second kappa shape index (κ2) is 9.94. The van der Waals surface area contributed by atoms with Crippen LogP contribution in [0.2, 0.25) is 0 Å². The largest absolute Gasteiger partial charge is 0.469 e. The summed E-state index contributed by atoms with van der Waals surface area (Å²) in [5.41, 5.74) is 5.15. The van der Waals surface area contributed by atoms with Crippen molar-refractivity contribution in [2.75, 3.05) is 6.54 Å². The number of benzene rings is 1. The minimum atomic E-state index is -3.87. The molecule has 1 aromatic carbocycles. The van der Waals surface area contributed by atoms with Gasteiger partial charge in [0.1, 0.15) is 22.1 Å². The molecule has 4 heterocycles. The number of rotatable bonds is 7. The number of Topliss-reactive ketones (excluding diaryl/α,β-unsaturated/α-hetero) is 1. The molecular formula is C34H39N5O4S. The number of hydrogen-bond donors (Lipinski definition) is 0. The van der Waals surface area contributed by atoms with Crippen molar-refractivity contribution in [3.05, 3.63) is 81.9 Å². The van der Waals surface area contributed by atoms with E-state index in [9.17, 15) is 13.2 Å². The molecular weight excluding hydrogens is 574 g/mol. The highest BCUT2D eigenvalue weighted by Gasteiger charge is 2.52. The van der Waals surface area contributed by atoms with Crippen LogP contribution in [0.5, 0.6) is 5.88 Å². The van der Waals surface area contributed by atoms with Gasteiger partial charge in [-0.2, -0.15) is 4.31 Å². The van der Waals surface area contributed by atoms with Crippen LogP contribution in [0.25, 0.3) is 5.65 Å². The highest BCUT2D eigenvalue weighted by atomic mass is 32.2. The average Bonchev–Trinajstić information content (AvgIpc) is 3.91. The van der Waals surface area contributed by atoms with Crippen molar-refractivity contribution >= 4 is 21.5 Å². The Morgan fingerprint density at radius 3 is 2.55 bits per heavy atom. The number of sulfonamides is 1. The fourth-order valence-electron chi connectivity index (χ4n) is 6.58. The van der Waals surface area contributed by atoms with Gasteiger partial charge in [-0.25, -0.2) is 13.4 Å². The summed E-state index contributed by atoms with van der Waals surface area (Å²) in [4.78, 5) is 17.7. The van der Waals surface area contributed by atoms with Gasteiger partial charge in [-0.15, -0.1) is 10.2 Å². The van der Waals surface area contributed by atoms with Crippen molar-refractivity contribution in [3.8, 4) is 5.88 Å². The molecule has 0 radical (unpaired) electrons. The van der Waals surface area contributed by atoms with Crippen LogP contribution in [0, 0.1) is 26.2 Å². The number of nitrogens with zero attached hydrogens (tertiary/aromatic N) is 5. The number of ether oxygens (including phenoxy) is 1. The molecule has 7 rings (SSSR count). The maximum atomic E-state index is 14.1. The van der Waals surface area contributed by atoms with Gasteiger partial charge in [0.25, 0.3) is 0 Å². The van der Waals surface area contributed by atoms with Gasteiger partial charge in [0, 0.05) is 36.2 Å². The Hall–Kier alpha value is -3.63. The summed E-state index contributed by atoms with van der Waals surface area (Å²) in [6.45, 7) is 12.0. The van der Waals surface area contributed by atoms with E-state index in [2.05, 4.69) is 44.7 Å². The first-order chi connectivity index (χ1) is 20.8. The van der Waals surface area contributed by atoms with Crippen molar-refractivity contribution < 1.29 is 17.9 Å². The molecule has 4 aromatic rings. The van der Waals surface area contributed by atoms with E-state index in [4.69, 9.17) is 4.74 Å². The summed E-state index contributed by atoms with van der Waals surface area (Å²) >= 11 is 0. The first-order valence-electron chi connectivity index (χ1n) is 15.4. The number of carbonyl (C=O) groups excluding carboxylic acids is 1. The molecule has 2 fully saturated rings. The number of hydrogen-bond acceptors (Lipinski definition) is 7. The molecule has 0 amide bonds. The Balaban J connectivity index is 1.32. The maximum absolute atomic E-state index is 14.1. The minimum Gasteiger partial charge on any atom is -0.469 e. The quantitative estimate of drug-likeness (QED) is 0.260. The molecule has 0 unspecified atom stereocenters. The van der Waals surface area contributed by atoms with Gasteiger partial charge in [0.05, 0.1) is 6.54 Å². The standard InChI is InChI=1S/C34H39N5O4S/c1-20-15-28-32(35-17-20)43-34(12-13-34)19-38(44(28,41)42)18-26-16-25(8-7-21(26)2)29(33(5,6)23(4)40)27-11-14-39-30(22(27)3)36-37-31(39)24-9-10-24/h7-8,11,14-17,24,29H,9-10,12-13,18-19H2,1-6H3/t29-/m0/s1. The molecule has 2 aliphatic carbocycles. The lowest BCUT2D eigenvalue weighted by molar-refractivity contribution is -0.125. The Bertz CT molecular complexity index is 1940. The van der Waals surface area contributed by atoms with Crippen molar-refractivity contribution in [1.29, 1.82) is 0 Å². The van der Waals surface area contributed by atoms with Crippen LogP contribution in [-0.4, -0.2) is 50.2 Å². The third-order valence-corrected chi connectivity index (χ3v) is 11.8. The molecule has 1 atom stereocenters. The van der Waals surface area contributed by atoms with Gasteiger partial charge < -0.3 is 4.74 Å². The second-order valence-electron chi connectivity index (χ2n) is 13.7. The number of fused-ring (bicyclic) bond motifs is 2. The van der Waals surface area contributed by atoms with Gasteiger partial charge >= 0.3 is 0 Å². The van der Waals surface area contributed by atoms with E-state index < -0.39 is 21.0 Å². The van der Waals surface area contributed by atoms with E-state index in [1.54, 1.807) is 23.5 Å². The molecule has 3 aliphatic rings. The lowest BCUT2D eigenvalue weighted by Gasteiger charge is -2.34. The van der Waals surface area contributed by atoms with Crippen LogP contribution in [0.15, 0.2) is 47.6 Å². The van der Waals surface area contributed by atoms with E-state index in [1.165, 1.54) is 0 Å². The summed E-state index contributed by atoms with van der Waals surface area (Å²) in [5, 5.41) is 9.07. The predicted molar refractivity (Wildman–Crippen MR) is 166 cm³/mol.